The van der Waals surface area contributed by atoms with Gasteiger partial charge in [-0.25, -0.2) is 0 Å². The molecule has 13 heavy (non-hydrogen) atoms. The summed E-state index contributed by atoms with van der Waals surface area (Å²) in [5, 5.41) is 0. The Morgan fingerprint density at radius 2 is 1.85 bits per heavy atom. The summed E-state index contributed by atoms with van der Waals surface area (Å²) >= 11 is 0. The van der Waals surface area contributed by atoms with Crippen LogP contribution < -0.4 is 0 Å². The Morgan fingerprint density at radius 1 is 1.38 bits per heavy atom. The van der Waals surface area contributed by atoms with E-state index in [1.165, 1.54) is 0 Å². The number of rotatable bonds is 5. The topological polar surface area (TPSA) is 34.1 Å². The van der Waals surface area contributed by atoms with Crippen LogP contribution in [0.25, 0.3) is 0 Å². The summed E-state index contributed by atoms with van der Waals surface area (Å²) in [6.45, 7) is 5.24. The number of halogens is 2. The van der Waals surface area contributed by atoms with Crippen LogP contribution in [0.1, 0.15) is 26.7 Å². The maximum absolute atomic E-state index is 12.4. The normalized spacial score (nSPS) is 11.1. The largest absolute Gasteiger partial charge is 0.307 e. The summed E-state index contributed by atoms with van der Waals surface area (Å²) in [6, 6.07) is 0. The van der Waals surface area contributed by atoms with Crippen LogP contribution in [0.3, 0.4) is 0 Å². The van der Waals surface area contributed by atoms with Gasteiger partial charge < -0.3 is 0 Å². The van der Waals surface area contributed by atoms with Crippen molar-refractivity contribution < 1.29 is 18.4 Å². The second-order valence-corrected chi connectivity index (χ2v) is 2.87. The first-order valence-corrected chi connectivity index (χ1v) is 3.95. The summed E-state index contributed by atoms with van der Waals surface area (Å²) in [5.74, 6) is -5.58. The maximum Gasteiger partial charge on any atom is 0.307 e. The van der Waals surface area contributed by atoms with Crippen LogP contribution in [0.15, 0.2) is 12.2 Å². The molecule has 0 aliphatic carbocycles. The van der Waals surface area contributed by atoms with Gasteiger partial charge in [-0.3, -0.25) is 9.59 Å². The number of carbonyl (C=O) groups excluding carboxylic acids is 2. The van der Waals surface area contributed by atoms with Gasteiger partial charge in [-0.15, -0.1) is 0 Å². The van der Waals surface area contributed by atoms with Gasteiger partial charge in [0, 0.05) is 13.3 Å². The number of hydrogen-bond donors (Lipinski definition) is 0. The van der Waals surface area contributed by atoms with Crippen molar-refractivity contribution in [2.24, 2.45) is 0 Å². The number of alkyl halides is 2. The molecule has 0 aromatic carbocycles. The minimum absolute atomic E-state index is 0.0840. The fraction of sp³-hybridized carbons (Fsp3) is 0.556. The SMILES string of the molecule is C=C(C(=O)CCC)C(=O)C(C)(F)F. The molecule has 0 N–H and O–H groups in total. The third kappa shape index (κ3) is 3.44. The first kappa shape index (κ1) is 11.9. The Morgan fingerprint density at radius 3 is 2.15 bits per heavy atom. The number of allylic oxidation sites excluding steroid dienone is 1. The van der Waals surface area contributed by atoms with E-state index in [1.54, 1.807) is 6.92 Å². The number of carbonyl (C=O) groups is 2. The molecular weight excluding hydrogens is 178 g/mol. The summed E-state index contributed by atoms with van der Waals surface area (Å²) < 4.78 is 24.8. The molecule has 0 fully saturated rings. The molecule has 0 heterocycles. The third-order valence-electron chi connectivity index (χ3n) is 1.49. The number of ketones is 2. The highest BCUT2D eigenvalue weighted by Gasteiger charge is 2.35. The van der Waals surface area contributed by atoms with Crippen LogP contribution >= 0.6 is 0 Å². The molecule has 0 atom stereocenters. The van der Waals surface area contributed by atoms with Gasteiger partial charge in [0.05, 0.1) is 5.57 Å². The smallest absolute Gasteiger partial charge is 0.294 e. The van der Waals surface area contributed by atoms with Crippen LogP contribution in [0.2, 0.25) is 0 Å². The molecule has 0 saturated carbocycles. The molecule has 0 bridgehead atoms. The fourth-order valence-electron chi connectivity index (χ4n) is 0.770. The van der Waals surface area contributed by atoms with E-state index < -0.39 is 23.1 Å². The zero-order valence-electron chi connectivity index (χ0n) is 7.69. The summed E-state index contributed by atoms with van der Waals surface area (Å²) in [6.07, 6.45) is 0.598. The maximum atomic E-state index is 12.4. The van der Waals surface area contributed by atoms with Gasteiger partial charge in [0.25, 0.3) is 0 Å². The van der Waals surface area contributed by atoms with Gasteiger partial charge in [-0.1, -0.05) is 13.5 Å². The third-order valence-corrected chi connectivity index (χ3v) is 1.49. The molecule has 0 aromatic rings. The lowest BCUT2D eigenvalue weighted by Crippen LogP contribution is -2.28. The average Bonchev–Trinajstić information content (AvgIpc) is 2.00. The van der Waals surface area contributed by atoms with Crippen molar-refractivity contribution >= 4 is 11.6 Å². The summed E-state index contributed by atoms with van der Waals surface area (Å²) in [5.41, 5.74) is -0.602. The predicted molar refractivity (Wildman–Crippen MR) is 44.7 cm³/mol. The zero-order chi connectivity index (χ0) is 10.6. The molecule has 0 amide bonds. The summed E-state index contributed by atoms with van der Waals surface area (Å²) in [4.78, 5) is 21.8. The zero-order valence-corrected chi connectivity index (χ0v) is 7.69. The van der Waals surface area contributed by atoms with Crippen LogP contribution in [0.4, 0.5) is 8.78 Å². The van der Waals surface area contributed by atoms with Gasteiger partial charge in [-0.05, 0) is 6.42 Å². The van der Waals surface area contributed by atoms with Crippen molar-refractivity contribution in [3.8, 4) is 0 Å². The minimum atomic E-state index is -3.50. The second kappa shape index (κ2) is 4.25. The minimum Gasteiger partial charge on any atom is -0.294 e. The molecule has 0 saturated heterocycles. The van der Waals surface area contributed by atoms with Crippen molar-refractivity contribution in [2.75, 3.05) is 0 Å². The Kier molecular flexibility index (Phi) is 3.91. The first-order valence-electron chi connectivity index (χ1n) is 3.95. The average molecular weight is 190 g/mol. The molecule has 0 radical (unpaired) electrons. The fourth-order valence-corrected chi connectivity index (χ4v) is 0.770. The van der Waals surface area contributed by atoms with Gasteiger partial charge >= 0.3 is 5.92 Å². The van der Waals surface area contributed by atoms with E-state index >= 15 is 0 Å². The lowest BCUT2D eigenvalue weighted by molar-refractivity contribution is -0.138. The Bertz CT molecular complexity index is 238. The molecular formula is C9H12F2O2. The van der Waals surface area contributed by atoms with Gasteiger partial charge in [0.1, 0.15) is 0 Å². The molecule has 74 valence electrons. The highest BCUT2D eigenvalue weighted by Crippen LogP contribution is 2.18. The lowest BCUT2D eigenvalue weighted by atomic mass is 10.0. The molecule has 4 heteroatoms. The van der Waals surface area contributed by atoms with E-state index in [9.17, 15) is 18.4 Å². The molecule has 2 nitrogen and oxygen atoms in total. The first-order chi connectivity index (χ1) is 5.80. The van der Waals surface area contributed by atoms with Crippen LogP contribution in [0, 0.1) is 0 Å². The van der Waals surface area contributed by atoms with Gasteiger partial charge in [0.15, 0.2) is 5.78 Å². The lowest BCUT2D eigenvalue weighted by Gasteiger charge is -2.09. The predicted octanol–water partition coefficient (Wildman–Crippen LogP) is 2.14. The van der Waals surface area contributed by atoms with E-state index in [4.69, 9.17) is 0 Å². The highest BCUT2D eigenvalue weighted by atomic mass is 19.3. The second-order valence-electron chi connectivity index (χ2n) is 2.87. The van der Waals surface area contributed by atoms with Crippen LogP contribution in [-0.4, -0.2) is 17.5 Å². The molecule has 0 aliphatic heterocycles. The monoisotopic (exact) mass is 190 g/mol. The molecule has 0 aromatic heterocycles. The van der Waals surface area contributed by atoms with Crippen molar-refractivity contribution in [3.05, 3.63) is 12.2 Å². The Balaban J connectivity index is 4.45. The number of Topliss-reactive ketones (excluding diaryl/α,β-unsaturated/α-hetero) is 2. The Labute approximate surface area is 75.6 Å². The van der Waals surface area contributed by atoms with E-state index in [1.807, 2.05) is 0 Å². The number of hydrogen-bond acceptors (Lipinski definition) is 2. The van der Waals surface area contributed by atoms with E-state index in [-0.39, 0.29) is 6.42 Å². The van der Waals surface area contributed by atoms with E-state index in [0.717, 1.165) is 0 Å². The quantitative estimate of drug-likeness (QED) is 0.378. The van der Waals surface area contributed by atoms with Gasteiger partial charge in [-0.2, -0.15) is 8.78 Å². The Hall–Kier alpha value is -1.06. The van der Waals surface area contributed by atoms with Crippen molar-refractivity contribution in [1.82, 2.24) is 0 Å². The van der Waals surface area contributed by atoms with Crippen LogP contribution in [0.5, 0.6) is 0 Å². The molecule has 0 unspecified atom stereocenters. The molecule has 0 aliphatic rings. The standard InChI is InChI=1S/C9H12F2O2/c1-4-5-7(12)6(2)8(13)9(3,10)11/h2,4-5H2,1,3H3. The van der Waals surface area contributed by atoms with E-state index in [2.05, 4.69) is 6.58 Å². The molecule has 0 spiro atoms. The van der Waals surface area contributed by atoms with Crippen LogP contribution in [-0.2, 0) is 9.59 Å². The van der Waals surface area contributed by atoms with Crippen molar-refractivity contribution in [1.29, 1.82) is 0 Å². The van der Waals surface area contributed by atoms with Crippen molar-refractivity contribution in [3.63, 3.8) is 0 Å². The molecule has 0 rings (SSSR count). The van der Waals surface area contributed by atoms with Crippen molar-refractivity contribution in [2.45, 2.75) is 32.6 Å². The highest BCUT2D eigenvalue weighted by molar-refractivity contribution is 6.21. The van der Waals surface area contributed by atoms with Gasteiger partial charge in [0.2, 0.25) is 5.78 Å². The summed E-state index contributed by atoms with van der Waals surface area (Å²) in [7, 11) is 0. The van der Waals surface area contributed by atoms with E-state index in [0.29, 0.717) is 13.3 Å².